The van der Waals surface area contributed by atoms with Crippen molar-refractivity contribution in [3.63, 3.8) is 0 Å². The highest BCUT2D eigenvalue weighted by molar-refractivity contribution is 14.0. The molecular weight excluding hydrogens is 429 g/mol. The number of halogens is 1. The van der Waals surface area contributed by atoms with Crippen LogP contribution in [0.25, 0.3) is 0 Å². The molecule has 0 aromatic heterocycles. The highest BCUT2D eigenvalue weighted by Gasteiger charge is 2.12. The van der Waals surface area contributed by atoms with Crippen LogP contribution >= 0.6 is 24.0 Å². The Morgan fingerprint density at radius 3 is 2.44 bits per heavy atom. The number of benzene rings is 2. The summed E-state index contributed by atoms with van der Waals surface area (Å²) in [6.45, 7) is 5.50. The average Bonchev–Trinajstić information content (AvgIpc) is 2.63. The number of guanidine groups is 1. The predicted octanol–water partition coefficient (Wildman–Crippen LogP) is 3.55. The summed E-state index contributed by atoms with van der Waals surface area (Å²) in [7, 11) is 0. The first kappa shape index (κ1) is 19.5. The molecule has 0 bridgehead atoms. The molecule has 1 saturated heterocycles. The summed E-state index contributed by atoms with van der Waals surface area (Å²) < 4.78 is 11.4. The number of hydrogen-bond acceptors (Lipinski definition) is 3. The molecule has 5 nitrogen and oxygen atoms in total. The Morgan fingerprint density at radius 1 is 1.08 bits per heavy atom. The smallest absolute Gasteiger partial charge is 0.191 e. The standard InChI is InChI=1S/C19H23N3O2.HI/c1-15-6-2-4-8-17(15)24-18-9-5-3-7-16(18)14-21-19(20)22-10-12-23-13-11-22;/h2-9H,10-14H2,1H3,(H2,20,21);1H. The van der Waals surface area contributed by atoms with Crippen LogP contribution in [0.5, 0.6) is 11.5 Å². The van der Waals surface area contributed by atoms with Crippen molar-refractivity contribution in [2.75, 3.05) is 26.3 Å². The van der Waals surface area contributed by atoms with Crippen LogP contribution in [-0.4, -0.2) is 37.2 Å². The first-order valence-corrected chi connectivity index (χ1v) is 8.18. The lowest BCUT2D eigenvalue weighted by Crippen LogP contribution is -2.44. The molecule has 0 atom stereocenters. The fourth-order valence-electron chi connectivity index (χ4n) is 2.58. The minimum absolute atomic E-state index is 0. The van der Waals surface area contributed by atoms with Crippen LogP contribution in [0.4, 0.5) is 0 Å². The highest BCUT2D eigenvalue weighted by atomic mass is 127. The van der Waals surface area contributed by atoms with E-state index in [1.54, 1.807) is 0 Å². The Bertz CT molecular complexity index is 715. The zero-order chi connectivity index (χ0) is 16.8. The lowest BCUT2D eigenvalue weighted by molar-refractivity contribution is 0.0674. The maximum absolute atomic E-state index is 6.10. The van der Waals surface area contributed by atoms with Crippen molar-refractivity contribution in [3.8, 4) is 11.5 Å². The Hall–Kier alpha value is -1.80. The van der Waals surface area contributed by atoms with Gasteiger partial charge in [0, 0.05) is 18.7 Å². The van der Waals surface area contributed by atoms with Crippen molar-refractivity contribution in [1.29, 1.82) is 0 Å². The third-order valence-corrected chi connectivity index (χ3v) is 4.03. The second-order valence-corrected chi connectivity index (χ2v) is 5.75. The van der Waals surface area contributed by atoms with Gasteiger partial charge in [-0.1, -0.05) is 36.4 Å². The number of nitrogens with zero attached hydrogens (tertiary/aromatic N) is 2. The molecule has 1 aliphatic rings. The van der Waals surface area contributed by atoms with Gasteiger partial charge in [-0.05, 0) is 24.6 Å². The summed E-state index contributed by atoms with van der Waals surface area (Å²) in [4.78, 5) is 6.58. The Kier molecular flexibility index (Phi) is 7.52. The molecule has 2 aromatic carbocycles. The van der Waals surface area contributed by atoms with Crippen LogP contribution in [0.15, 0.2) is 53.5 Å². The van der Waals surface area contributed by atoms with E-state index in [-0.39, 0.29) is 24.0 Å². The summed E-state index contributed by atoms with van der Waals surface area (Å²) in [5, 5.41) is 0. The number of rotatable bonds is 4. The zero-order valence-corrected chi connectivity index (χ0v) is 16.7. The van der Waals surface area contributed by atoms with Crippen LogP contribution in [0, 0.1) is 6.92 Å². The Labute approximate surface area is 165 Å². The van der Waals surface area contributed by atoms with E-state index in [0.29, 0.717) is 25.7 Å². The van der Waals surface area contributed by atoms with Crippen LogP contribution < -0.4 is 10.5 Å². The highest BCUT2D eigenvalue weighted by Crippen LogP contribution is 2.28. The van der Waals surface area contributed by atoms with Crippen molar-refractivity contribution < 1.29 is 9.47 Å². The summed E-state index contributed by atoms with van der Waals surface area (Å²) in [5.41, 5.74) is 8.21. The summed E-state index contributed by atoms with van der Waals surface area (Å²) in [6.07, 6.45) is 0. The van der Waals surface area contributed by atoms with Crippen molar-refractivity contribution >= 4 is 29.9 Å². The number of nitrogens with two attached hydrogens (primary N) is 1. The number of aryl methyl sites for hydroxylation is 1. The Balaban J connectivity index is 0.00000225. The van der Waals surface area contributed by atoms with Gasteiger partial charge < -0.3 is 20.1 Å². The predicted molar refractivity (Wildman–Crippen MR) is 111 cm³/mol. The van der Waals surface area contributed by atoms with Crippen LogP contribution in [0.2, 0.25) is 0 Å². The first-order chi connectivity index (χ1) is 11.7. The Morgan fingerprint density at radius 2 is 1.72 bits per heavy atom. The van der Waals surface area contributed by atoms with Crippen molar-refractivity contribution in [3.05, 3.63) is 59.7 Å². The molecule has 0 unspecified atom stereocenters. The number of morpholine rings is 1. The van der Waals surface area contributed by atoms with E-state index in [4.69, 9.17) is 15.2 Å². The minimum atomic E-state index is 0. The molecule has 1 aliphatic heterocycles. The summed E-state index contributed by atoms with van der Waals surface area (Å²) >= 11 is 0. The van der Waals surface area contributed by atoms with E-state index in [1.807, 2.05) is 60.4 Å². The maximum Gasteiger partial charge on any atom is 0.191 e. The SMILES string of the molecule is Cc1ccccc1Oc1ccccc1CN=C(N)N1CCOCC1.I. The molecule has 1 heterocycles. The zero-order valence-electron chi connectivity index (χ0n) is 14.4. The molecule has 1 fully saturated rings. The molecule has 134 valence electrons. The summed E-state index contributed by atoms with van der Waals surface area (Å²) in [5.74, 6) is 2.23. The van der Waals surface area contributed by atoms with Gasteiger partial charge in [-0.15, -0.1) is 24.0 Å². The van der Waals surface area contributed by atoms with E-state index >= 15 is 0 Å². The maximum atomic E-state index is 6.10. The van der Waals surface area contributed by atoms with Gasteiger partial charge in [-0.2, -0.15) is 0 Å². The average molecular weight is 453 g/mol. The second kappa shape index (κ2) is 9.62. The van der Waals surface area contributed by atoms with E-state index in [9.17, 15) is 0 Å². The molecule has 0 saturated carbocycles. The van der Waals surface area contributed by atoms with E-state index in [1.165, 1.54) is 0 Å². The molecular formula is C19H24IN3O2. The fraction of sp³-hybridized carbons (Fsp3) is 0.316. The van der Waals surface area contributed by atoms with Crippen molar-refractivity contribution in [2.24, 2.45) is 10.7 Å². The van der Waals surface area contributed by atoms with Crippen LogP contribution in [-0.2, 0) is 11.3 Å². The number of hydrogen-bond donors (Lipinski definition) is 1. The minimum Gasteiger partial charge on any atom is -0.457 e. The third kappa shape index (κ3) is 5.34. The first-order valence-electron chi connectivity index (χ1n) is 8.18. The molecule has 3 rings (SSSR count). The van der Waals surface area contributed by atoms with Gasteiger partial charge in [0.1, 0.15) is 11.5 Å². The summed E-state index contributed by atoms with van der Waals surface area (Å²) in [6, 6.07) is 15.9. The third-order valence-electron chi connectivity index (χ3n) is 4.03. The normalized spacial score (nSPS) is 14.8. The molecule has 25 heavy (non-hydrogen) atoms. The van der Waals surface area contributed by atoms with Crippen molar-refractivity contribution in [2.45, 2.75) is 13.5 Å². The topological polar surface area (TPSA) is 60.1 Å². The molecule has 0 spiro atoms. The van der Waals surface area contributed by atoms with Crippen LogP contribution in [0.3, 0.4) is 0 Å². The van der Waals surface area contributed by atoms with Gasteiger partial charge in [0.05, 0.1) is 19.8 Å². The molecule has 2 N–H and O–H groups in total. The molecule has 2 aromatic rings. The van der Waals surface area contributed by atoms with E-state index in [2.05, 4.69) is 4.99 Å². The van der Waals surface area contributed by atoms with E-state index < -0.39 is 0 Å². The molecule has 0 amide bonds. The van der Waals surface area contributed by atoms with Gasteiger partial charge in [-0.25, -0.2) is 4.99 Å². The van der Waals surface area contributed by atoms with Gasteiger partial charge in [0.15, 0.2) is 5.96 Å². The van der Waals surface area contributed by atoms with Crippen LogP contribution in [0.1, 0.15) is 11.1 Å². The van der Waals surface area contributed by atoms with Gasteiger partial charge in [0.25, 0.3) is 0 Å². The lowest BCUT2D eigenvalue weighted by Gasteiger charge is -2.27. The van der Waals surface area contributed by atoms with Crippen molar-refractivity contribution in [1.82, 2.24) is 4.90 Å². The number of ether oxygens (including phenoxy) is 2. The monoisotopic (exact) mass is 453 g/mol. The lowest BCUT2D eigenvalue weighted by atomic mass is 10.2. The van der Waals surface area contributed by atoms with Gasteiger partial charge in [0.2, 0.25) is 0 Å². The second-order valence-electron chi connectivity index (χ2n) is 5.75. The largest absolute Gasteiger partial charge is 0.457 e. The molecule has 6 heteroatoms. The van der Waals surface area contributed by atoms with Gasteiger partial charge >= 0.3 is 0 Å². The molecule has 0 radical (unpaired) electrons. The van der Waals surface area contributed by atoms with E-state index in [0.717, 1.165) is 35.7 Å². The quantitative estimate of drug-likeness (QED) is 0.437. The van der Waals surface area contributed by atoms with Gasteiger partial charge in [-0.3, -0.25) is 0 Å². The molecule has 0 aliphatic carbocycles. The fourth-order valence-corrected chi connectivity index (χ4v) is 2.58. The number of aliphatic imine (C=N–C) groups is 1. The number of para-hydroxylation sites is 2.